The van der Waals surface area contributed by atoms with Gasteiger partial charge in [-0.3, -0.25) is 4.79 Å². The minimum Gasteiger partial charge on any atom is -0.467 e. The van der Waals surface area contributed by atoms with Gasteiger partial charge in [0.25, 0.3) is 10.2 Å². The lowest BCUT2D eigenvalue weighted by Crippen LogP contribution is -2.56. The molecule has 2 aromatic carbocycles. The number of ether oxygens (including phenoxy) is 1. The van der Waals surface area contributed by atoms with E-state index in [2.05, 4.69) is 14.8 Å². The smallest absolute Gasteiger partial charge is 0.328 e. The number of amides is 1. The Hall–Kier alpha value is -3.15. The molecule has 0 saturated heterocycles. The third-order valence-electron chi connectivity index (χ3n) is 6.18. The van der Waals surface area contributed by atoms with Crippen molar-refractivity contribution in [1.82, 2.24) is 14.8 Å². The molecule has 1 aliphatic rings. The summed E-state index contributed by atoms with van der Waals surface area (Å²) in [6, 6.07) is 11.3. The Bertz CT molecular complexity index is 1120. The van der Waals surface area contributed by atoms with E-state index in [4.69, 9.17) is 16.2 Å². The van der Waals surface area contributed by atoms with Crippen molar-refractivity contribution in [2.45, 2.75) is 63.1 Å². The van der Waals surface area contributed by atoms with E-state index in [0.717, 1.165) is 37.7 Å². The minimum atomic E-state index is -3.99. The predicted octanol–water partition coefficient (Wildman–Crippen LogP) is 1.42. The maximum Gasteiger partial charge on any atom is 0.328 e. The van der Waals surface area contributed by atoms with E-state index < -0.39 is 34.2 Å². The molecule has 11 heteroatoms. The lowest BCUT2D eigenvalue weighted by molar-refractivity contribution is -0.145. The Morgan fingerprint density at radius 2 is 1.39 bits per heavy atom. The molecule has 0 aromatic heterocycles. The first-order valence-corrected chi connectivity index (χ1v) is 13.5. The number of methoxy groups -OCH3 is 1. The molecule has 0 bridgehead atoms. The van der Waals surface area contributed by atoms with Crippen LogP contribution in [0.3, 0.4) is 0 Å². The van der Waals surface area contributed by atoms with Crippen molar-refractivity contribution in [1.29, 1.82) is 0 Å². The molecule has 1 aliphatic carbocycles. The number of rotatable bonds is 11. The summed E-state index contributed by atoms with van der Waals surface area (Å²) in [5, 5.41) is 2.66. The number of hydrogen-bond donors (Lipinski definition) is 5. The fraction of sp³-hybridized carbons (Fsp3) is 0.440. The lowest BCUT2D eigenvalue weighted by atomic mass is 9.96. The van der Waals surface area contributed by atoms with E-state index in [0.29, 0.717) is 16.9 Å². The second-order valence-corrected chi connectivity index (χ2v) is 10.6. The highest BCUT2D eigenvalue weighted by molar-refractivity contribution is 7.87. The summed E-state index contributed by atoms with van der Waals surface area (Å²) in [6.07, 6.45) is 4.71. The predicted molar refractivity (Wildman–Crippen MR) is 139 cm³/mol. The van der Waals surface area contributed by atoms with Gasteiger partial charge < -0.3 is 21.5 Å². The quantitative estimate of drug-likeness (QED) is 0.222. The molecule has 10 nitrogen and oxygen atoms in total. The fourth-order valence-electron chi connectivity index (χ4n) is 4.24. The maximum absolute atomic E-state index is 13.3. The summed E-state index contributed by atoms with van der Waals surface area (Å²) in [7, 11) is -2.77. The zero-order valence-electron chi connectivity index (χ0n) is 20.4. The number of hydrogen-bond acceptors (Lipinski definition) is 7. The molecule has 0 heterocycles. The molecule has 36 heavy (non-hydrogen) atoms. The zero-order chi connectivity index (χ0) is 26.1. The topological polar surface area (TPSA) is 166 Å². The van der Waals surface area contributed by atoms with Gasteiger partial charge in [0.2, 0.25) is 5.91 Å². The molecule has 1 amide bonds. The van der Waals surface area contributed by atoms with Gasteiger partial charge in [0.15, 0.2) is 0 Å². The average molecular weight is 518 g/mol. The number of nitrogen functional groups attached to an aromatic ring is 2. The number of nitrogens with two attached hydrogens (primary N) is 2. The van der Waals surface area contributed by atoms with Gasteiger partial charge in [-0.05, 0) is 54.7 Å². The molecule has 1 fully saturated rings. The molecule has 0 aliphatic heterocycles. The molecule has 2 atom stereocenters. The summed E-state index contributed by atoms with van der Waals surface area (Å²) in [5.41, 5.74) is 14.1. The molecule has 1 saturated carbocycles. The average Bonchev–Trinajstić information content (AvgIpc) is 2.85. The van der Waals surface area contributed by atoms with Crippen LogP contribution in [0.1, 0.15) is 43.2 Å². The van der Waals surface area contributed by atoms with Crippen LogP contribution in [-0.4, -0.2) is 45.5 Å². The van der Waals surface area contributed by atoms with Crippen LogP contribution in [0.5, 0.6) is 0 Å². The van der Waals surface area contributed by atoms with Gasteiger partial charge in [0.1, 0.15) is 12.1 Å². The third kappa shape index (κ3) is 8.51. The van der Waals surface area contributed by atoms with Gasteiger partial charge >= 0.3 is 5.97 Å². The molecular formula is C25H35N5O5S. The number of carbonyl (C=O) groups is 2. The molecule has 0 spiro atoms. The van der Waals surface area contributed by atoms with E-state index in [1.54, 1.807) is 48.5 Å². The van der Waals surface area contributed by atoms with E-state index in [-0.39, 0.29) is 18.9 Å². The van der Waals surface area contributed by atoms with Crippen molar-refractivity contribution in [3.63, 3.8) is 0 Å². The van der Waals surface area contributed by atoms with Crippen LogP contribution in [0.25, 0.3) is 0 Å². The van der Waals surface area contributed by atoms with Crippen LogP contribution in [0.2, 0.25) is 0 Å². The van der Waals surface area contributed by atoms with Crippen LogP contribution < -0.4 is 26.2 Å². The Kier molecular flexibility index (Phi) is 9.68. The summed E-state index contributed by atoms with van der Waals surface area (Å²) >= 11 is 0. The highest BCUT2D eigenvalue weighted by atomic mass is 32.2. The van der Waals surface area contributed by atoms with Crippen LogP contribution >= 0.6 is 0 Å². The van der Waals surface area contributed by atoms with Crippen LogP contribution in [0.15, 0.2) is 48.5 Å². The Morgan fingerprint density at radius 3 is 1.89 bits per heavy atom. The summed E-state index contributed by atoms with van der Waals surface area (Å²) in [6.45, 7) is 0. The van der Waals surface area contributed by atoms with Gasteiger partial charge in [0.05, 0.1) is 7.11 Å². The Labute approximate surface area is 212 Å². The number of esters is 1. The lowest BCUT2D eigenvalue weighted by Gasteiger charge is -2.26. The molecule has 7 N–H and O–H groups in total. The monoisotopic (exact) mass is 517 g/mol. The van der Waals surface area contributed by atoms with Crippen molar-refractivity contribution in [3.05, 3.63) is 59.7 Å². The SMILES string of the molecule is COC(=O)[C@H](Cc1ccc(N)cc1)NC(=O)[C@@H](Cc1ccc(N)cc1)NS(=O)(=O)NC1CCCCC1. The molecule has 0 unspecified atom stereocenters. The van der Waals surface area contributed by atoms with Crippen molar-refractivity contribution in [2.75, 3.05) is 18.6 Å². The molecular weight excluding hydrogens is 482 g/mol. The van der Waals surface area contributed by atoms with E-state index >= 15 is 0 Å². The summed E-state index contributed by atoms with van der Waals surface area (Å²) in [5.74, 6) is -1.29. The normalized spacial score (nSPS) is 16.1. The largest absolute Gasteiger partial charge is 0.467 e. The van der Waals surface area contributed by atoms with E-state index in [1.807, 2.05) is 0 Å². The Morgan fingerprint density at radius 1 is 0.889 bits per heavy atom. The maximum atomic E-state index is 13.3. The van der Waals surface area contributed by atoms with Crippen molar-refractivity contribution < 1.29 is 22.7 Å². The van der Waals surface area contributed by atoms with Gasteiger partial charge in [0, 0.05) is 23.8 Å². The van der Waals surface area contributed by atoms with E-state index in [9.17, 15) is 18.0 Å². The molecule has 196 valence electrons. The highest BCUT2D eigenvalue weighted by Gasteiger charge is 2.30. The fourth-order valence-corrected chi connectivity index (χ4v) is 5.54. The van der Waals surface area contributed by atoms with Crippen LogP contribution in [-0.2, 0) is 37.4 Å². The minimum absolute atomic E-state index is 0.0629. The van der Waals surface area contributed by atoms with Crippen molar-refractivity contribution in [2.24, 2.45) is 0 Å². The Balaban J connectivity index is 1.78. The molecule has 2 aromatic rings. The number of carbonyl (C=O) groups excluding carboxylic acids is 2. The zero-order valence-corrected chi connectivity index (χ0v) is 21.2. The second kappa shape index (κ2) is 12.7. The number of anilines is 2. The van der Waals surface area contributed by atoms with Gasteiger partial charge in [-0.15, -0.1) is 0 Å². The van der Waals surface area contributed by atoms with Gasteiger partial charge in [-0.25, -0.2) is 4.79 Å². The number of benzene rings is 2. The first kappa shape index (κ1) is 27.4. The summed E-state index contributed by atoms with van der Waals surface area (Å²) < 4.78 is 35.9. The molecule has 0 radical (unpaired) electrons. The van der Waals surface area contributed by atoms with Gasteiger partial charge in [-0.2, -0.15) is 17.9 Å². The summed E-state index contributed by atoms with van der Waals surface area (Å²) in [4.78, 5) is 25.8. The standard InChI is InChI=1S/C25H35N5O5S/c1-35-25(32)23(16-18-9-13-20(27)14-10-18)28-24(31)22(15-17-7-11-19(26)12-8-17)30-36(33,34)29-21-5-3-2-4-6-21/h7-14,21-23,29-30H,2-6,15-16,26-27H2,1H3,(H,28,31)/t22-,23+/m1/s1. The van der Waals surface area contributed by atoms with Gasteiger partial charge in [-0.1, -0.05) is 43.5 Å². The second-order valence-electron chi connectivity index (χ2n) is 9.10. The van der Waals surface area contributed by atoms with Crippen LogP contribution in [0, 0.1) is 0 Å². The first-order valence-electron chi connectivity index (χ1n) is 12.0. The number of nitrogens with one attached hydrogen (secondary N) is 3. The van der Waals surface area contributed by atoms with Crippen molar-refractivity contribution >= 4 is 33.5 Å². The van der Waals surface area contributed by atoms with Crippen molar-refractivity contribution in [3.8, 4) is 0 Å². The van der Waals surface area contributed by atoms with E-state index in [1.165, 1.54) is 7.11 Å². The third-order valence-corrected chi connectivity index (χ3v) is 7.42. The highest BCUT2D eigenvalue weighted by Crippen LogP contribution is 2.18. The first-order chi connectivity index (χ1) is 17.1. The molecule has 3 rings (SSSR count). The van der Waals surface area contributed by atoms with Crippen LogP contribution in [0.4, 0.5) is 11.4 Å².